The number of hydrogen-bond donors (Lipinski definition) is 0. The minimum atomic E-state index is 0.00672. The maximum atomic E-state index is 12.5. The number of hydrogen-bond acceptors (Lipinski definition) is 4. The van der Waals surface area contributed by atoms with E-state index in [2.05, 4.69) is 14.6 Å². The summed E-state index contributed by atoms with van der Waals surface area (Å²) in [6.45, 7) is 7.00. The van der Waals surface area contributed by atoms with Crippen molar-refractivity contribution in [3.8, 4) is 0 Å². The Balaban J connectivity index is 1.57. The first kappa shape index (κ1) is 18.8. The van der Waals surface area contributed by atoms with Gasteiger partial charge < -0.3 is 9.47 Å². The van der Waals surface area contributed by atoms with Crippen molar-refractivity contribution in [2.75, 3.05) is 13.6 Å². The van der Waals surface area contributed by atoms with Crippen LogP contribution in [0.1, 0.15) is 35.1 Å². The SMILES string of the molecule is CC(=O)c1c(C)nn(CCC(=O)N(C)CCn2cnc3ccccc32)c1C. The molecule has 3 rings (SSSR count). The second kappa shape index (κ2) is 7.73. The van der Waals surface area contributed by atoms with E-state index >= 15 is 0 Å². The number of rotatable bonds is 7. The number of carbonyl (C=O) groups is 2. The number of nitrogens with zero attached hydrogens (tertiary/aromatic N) is 5. The van der Waals surface area contributed by atoms with Crippen LogP contribution in [0.25, 0.3) is 11.0 Å². The first-order valence-corrected chi connectivity index (χ1v) is 9.07. The molecular weight excluding hydrogens is 342 g/mol. The standard InChI is InChI=1S/C20H25N5O2/c1-14-20(16(3)26)15(2)25(22-14)10-9-19(27)23(4)11-12-24-13-21-17-7-5-6-8-18(17)24/h5-8,13H,9-12H2,1-4H3. The third-order valence-electron chi connectivity index (χ3n) is 4.90. The summed E-state index contributed by atoms with van der Waals surface area (Å²) in [6, 6.07) is 7.95. The molecule has 0 radical (unpaired) electrons. The van der Waals surface area contributed by atoms with Crippen LogP contribution in [0.4, 0.5) is 0 Å². The average molecular weight is 367 g/mol. The summed E-state index contributed by atoms with van der Waals surface area (Å²) in [5.41, 5.74) is 4.21. The molecule has 0 atom stereocenters. The Kier molecular flexibility index (Phi) is 5.39. The van der Waals surface area contributed by atoms with Gasteiger partial charge in [-0.25, -0.2) is 4.98 Å². The monoisotopic (exact) mass is 367 g/mol. The molecule has 7 heteroatoms. The number of benzene rings is 1. The van der Waals surface area contributed by atoms with Crippen molar-refractivity contribution in [1.29, 1.82) is 0 Å². The summed E-state index contributed by atoms with van der Waals surface area (Å²) in [5, 5.41) is 4.40. The lowest BCUT2D eigenvalue weighted by atomic mass is 10.1. The predicted octanol–water partition coefficient (Wildman–Crippen LogP) is 2.60. The van der Waals surface area contributed by atoms with Gasteiger partial charge in [-0.3, -0.25) is 14.3 Å². The van der Waals surface area contributed by atoms with E-state index in [0.717, 1.165) is 16.7 Å². The van der Waals surface area contributed by atoms with Gasteiger partial charge in [-0.1, -0.05) is 12.1 Å². The molecule has 0 bridgehead atoms. The number of fused-ring (bicyclic) bond motifs is 1. The maximum Gasteiger partial charge on any atom is 0.224 e. The number of Topliss-reactive ketones (excluding diaryl/α,β-unsaturated/α-hetero) is 1. The highest BCUT2D eigenvalue weighted by molar-refractivity contribution is 5.96. The van der Waals surface area contributed by atoms with Gasteiger partial charge in [-0.2, -0.15) is 5.10 Å². The number of imidazole rings is 1. The summed E-state index contributed by atoms with van der Waals surface area (Å²) in [4.78, 5) is 30.3. The Morgan fingerprint density at radius 3 is 2.59 bits per heavy atom. The van der Waals surface area contributed by atoms with E-state index in [-0.39, 0.29) is 11.7 Å². The van der Waals surface area contributed by atoms with Crippen molar-refractivity contribution in [2.24, 2.45) is 0 Å². The van der Waals surface area contributed by atoms with Crippen LogP contribution in [0.15, 0.2) is 30.6 Å². The van der Waals surface area contributed by atoms with Gasteiger partial charge in [0.1, 0.15) is 0 Å². The van der Waals surface area contributed by atoms with E-state index in [1.165, 1.54) is 0 Å². The van der Waals surface area contributed by atoms with Gasteiger partial charge in [0, 0.05) is 38.8 Å². The Bertz CT molecular complexity index is 986. The third-order valence-corrected chi connectivity index (χ3v) is 4.90. The first-order chi connectivity index (χ1) is 12.9. The normalized spacial score (nSPS) is 11.1. The van der Waals surface area contributed by atoms with Crippen LogP contribution in [0.2, 0.25) is 0 Å². The number of amides is 1. The highest BCUT2D eigenvalue weighted by Gasteiger charge is 2.16. The van der Waals surface area contributed by atoms with Crippen molar-refractivity contribution in [2.45, 2.75) is 40.3 Å². The molecule has 0 saturated heterocycles. The van der Waals surface area contributed by atoms with Gasteiger partial charge in [0.25, 0.3) is 0 Å². The molecule has 27 heavy (non-hydrogen) atoms. The Morgan fingerprint density at radius 1 is 1.15 bits per heavy atom. The van der Waals surface area contributed by atoms with Crippen molar-refractivity contribution >= 4 is 22.7 Å². The molecule has 3 aromatic rings. The van der Waals surface area contributed by atoms with Crippen LogP contribution in [0, 0.1) is 13.8 Å². The number of aryl methyl sites for hydroxylation is 2. The molecule has 0 spiro atoms. The highest BCUT2D eigenvalue weighted by Crippen LogP contribution is 2.14. The number of para-hydroxylation sites is 2. The summed E-state index contributed by atoms with van der Waals surface area (Å²) in [6.07, 6.45) is 2.16. The number of carbonyl (C=O) groups excluding carboxylic acids is 2. The fourth-order valence-electron chi connectivity index (χ4n) is 3.39. The minimum Gasteiger partial charge on any atom is -0.344 e. The van der Waals surface area contributed by atoms with E-state index in [9.17, 15) is 9.59 Å². The van der Waals surface area contributed by atoms with Gasteiger partial charge in [-0.15, -0.1) is 0 Å². The molecule has 2 heterocycles. The summed E-state index contributed by atoms with van der Waals surface area (Å²) in [5.74, 6) is 0.0589. The van der Waals surface area contributed by atoms with Crippen molar-refractivity contribution in [1.82, 2.24) is 24.2 Å². The van der Waals surface area contributed by atoms with Crippen LogP contribution < -0.4 is 0 Å². The second-order valence-electron chi connectivity index (χ2n) is 6.82. The Hall–Kier alpha value is -2.96. The number of likely N-dealkylation sites (N-methyl/N-ethyl adjacent to an activating group) is 1. The van der Waals surface area contributed by atoms with Crippen LogP contribution in [0.5, 0.6) is 0 Å². The molecule has 0 unspecified atom stereocenters. The van der Waals surface area contributed by atoms with E-state index < -0.39 is 0 Å². The van der Waals surface area contributed by atoms with Crippen LogP contribution >= 0.6 is 0 Å². The molecule has 2 aromatic heterocycles. The zero-order valence-corrected chi connectivity index (χ0v) is 16.3. The van der Waals surface area contributed by atoms with Crippen molar-refractivity contribution in [3.63, 3.8) is 0 Å². The van der Waals surface area contributed by atoms with Crippen LogP contribution in [-0.4, -0.2) is 49.5 Å². The summed E-state index contributed by atoms with van der Waals surface area (Å²) < 4.78 is 3.81. The summed E-state index contributed by atoms with van der Waals surface area (Å²) in [7, 11) is 1.81. The maximum absolute atomic E-state index is 12.5. The number of aromatic nitrogens is 4. The molecule has 0 fully saturated rings. The topological polar surface area (TPSA) is 73.0 Å². The van der Waals surface area contributed by atoms with Crippen LogP contribution in [0.3, 0.4) is 0 Å². The number of ketones is 1. The van der Waals surface area contributed by atoms with Crippen molar-refractivity contribution < 1.29 is 9.59 Å². The van der Waals surface area contributed by atoms with Gasteiger partial charge in [0.15, 0.2) is 5.78 Å². The molecule has 0 aliphatic rings. The van der Waals surface area contributed by atoms with E-state index in [0.29, 0.717) is 37.3 Å². The molecule has 7 nitrogen and oxygen atoms in total. The zero-order valence-electron chi connectivity index (χ0n) is 16.3. The zero-order chi connectivity index (χ0) is 19.6. The average Bonchev–Trinajstić information content (AvgIpc) is 3.17. The van der Waals surface area contributed by atoms with Gasteiger partial charge in [0.2, 0.25) is 5.91 Å². The van der Waals surface area contributed by atoms with Gasteiger partial charge in [0.05, 0.1) is 28.6 Å². The molecule has 1 aromatic carbocycles. The summed E-state index contributed by atoms with van der Waals surface area (Å²) >= 11 is 0. The quantitative estimate of drug-likeness (QED) is 0.602. The molecule has 1 amide bonds. The molecule has 0 aliphatic carbocycles. The molecule has 0 aliphatic heterocycles. The van der Waals surface area contributed by atoms with E-state index in [1.807, 2.05) is 51.5 Å². The smallest absolute Gasteiger partial charge is 0.224 e. The van der Waals surface area contributed by atoms with Crippen LogP contribution in [-0.2, 0) is 17.9 Å². The van der Waals surface area contributed by atoms with Gasteiger partial charge >= 0.3 is 0 Å². The largest absolute Gasteiger partial charge is 0.344 e. The molecule has 0 saturated carbocycles. The van der Waals surface area contributed by atoms with Crippen molar-refractivity contribution in [3.05, 3.63) is 47.5 Å². The lowest BCUT2D eigenvalue weighted by Crippen LogP contribution is -2.30. The minimum absolute atomic E-state index is 0.00672. The molecular formula is C20H25N5O2. The lowest BCUT2D eigenvalue weighted by molar-refractivity contribution is -0.130. The fourth-order valence-corrected chi connectivity index (χ4v) is 3.39. The van der Waals surface area contributed by atoms with E-state index in [4.69, 9.17) is 0 Å². The van der Waals surface area contributed by atoms with E-state index in [1.54, 1.807) is 16.5 Å². The second-order valence-corrected chi connectivity index (χ2v) is 6.82. The fraction of sp³-hybridized carbons (Fsp3) is 0.400. The Morgan fingerprint density at radius 2 is 1.89 bits per heavy atom. The predicted molar refractivity (Wildman–Crippen MR) is 104 cm³/mol. The lowest BCUT2D eigenvalue weighted by Gasteiger charge is -2.18. The van der Waals surface area contributed by atoms with Gasteiger partial charge in [-0.05, 0) is 32.9 Å². The third kappa shape index (κ3) is 3.92. The molecule has 0 N–H and O–H groups in total. The molecule has 142 valence electrons. The Labute approximate surface area is 158 Å². The highest BCUT2D eigenvalue weighted by atomic mass is 16.2. The first-order valence-electron chi connectivity index (χ1n) is 9.07.